The Morgan fingerprint density at radius 3 is 2.87 bits per heavy atom. The Balaban J connectivity index is 1.37. The van der Waals surface area contributed by atoms with Gasteiger partial charge < -0.3 is 15.0 Å². The minimum absolute atomic E-state index is 0.229. The summed E-state index contributed by atoms with van der Waals surface area (Å²) in [7, 11) is 0. The van der Waals surface area contributed by atoms with Gasteiger partial charge in [-0.15, -0.1) is 0 Å². The maximum absolute atomic E-state index is 12.7. The molecule has 0 aliphatic carbocycles. The molecule has 2 aliphatic heterocycles. The molecule has 30 heavy (non-hydrogen) atoms. The predicted octanol–water partition coefficient (Wildman–Crippen LogP) is 2.88. The summed E-state index contributed by atoms with van der Waals surface area (Å²) in [5.74, 6) is 0.291. The standard InChI is InChI=1S/C22H28ClN5O2/c1-16-14-27(9-10-30-16)15-18-6-4-5-17(11-18)12-24-21(29)20-19(23)13-25-22(26-20)28-7-2-3-8-28/h4-6,11,13,16H,2-3,7-10,12,14-15H2,1H3,(H,24,29). The van der Waals surface area contributed by atoms with Crippen LogP contribution in [0.4, 0.5) is 5.95 Å². The number of nitrogens with zero attached hydrogens (tertiary/aromatic N) is 4. The quantitative estimate of drug-likeness (QED) is 0.761. The molecule has 1 amide bonds. The summed E-state index contributed by atoms with van der Waals surface area (Å²) in [5, 5.41) is 3.22. The number of ether oxygens (including phenoxy) is 1. The molecule has 1 atom stereocenters. The SMILES string of the molecule is CC1CN(Cc2cccc(CNC(=O)c3nc(N4CCCC4)ncc3Cl)c2)CCO1. The number of hydrogen-bond acceptors (Lipinski definition) is 6. The topological polar surface area (TPSA) is 70.6 Å². The number of carbonyl (C=O) groups is 1. The molecule has 4 rings (SSSR count). The number of rotatable bonds is 6. The highest BCUT2D eigenvalue weighted by molar-refractivity contribution is 6.33. The lowest BCUT2D eigenvalue weighted by molar-refractivity contribution is -0.0212. The third-order valence-electron chi connectivity index (χ3n) is 5.51. The second-order valence-electron chi connectivity index (χ2n) is 7.98. The summed E-state index contributed by atoms with van der Waals surface area (Å²) in [5.41, 5.74) is 2.51. The minimum atomic E-state index is -0.282. The zero-order chi connectivity index (χ0) is 20.9. The van der Waals surface area contributed by atoms with E-state index in [0.29, 0.717) is 12.5 Å². The molecule has 8 heteroatoms. The summed E-state index contributed by atoms with van der Waals surface area (Å²) in [4.78, 5) is 25.9. The van der Waals surface area contributed by atoms with Crippen LogP contribution in [0.2, 0.25) is 5.02 Å². The number of nitrogens with one attached hydrogen (secondary N) is 1. The van der Waals surface area contributed by atoms with E-state index in [1.807, 2.05) is 12.1 Å². The van der Waals surface area contributed by atoms with Crippen molar-refractivity contribution in [3.63, 3.8) is 0 Å². The molecule has 1 aromatic carbocycles. The molecule has 1 unspecified atom stereocenters. The minimum Gasteiger partial charge on any atom is -0.376 e. The Kier molecular flexibility index (Phi) is 6.82. The lowest BCUT2D eigenvalue weighted by Crippen LogP contribution is -2.40. The molecule has 2 saturated heterocycles. The number of morpholine rings is 1. The van der Waals surface area contributed by atoms with Crippen LogP contribution in [0, 0.1) is 0 Å². The largest absolute Gasteiger partial charge is 0.376 e. The van der Waals surface area contributed by atoms with E-state index in [1.165, 1.54) is 11.8 Å². The molecule has 7 nitrogen and oxygen atoms in total. The molecule has 160 valence electrons. The highest BCUT2D eigenvalue weighted by Crippen LogP contribution is 2.20. The third kappa shape index (κ3) is 5.28. The van der Waals surface area contributed by atoms with Crippen molar-refractivity contribution < 1.29 is 9.53 Å². The lowest BCUT2D eigenvalue weighted by atomic mass is 10.1. The molecular formula is C22H28ClN5O2. The first-order valence-corrected chi connectivity index (χ1v) is 10.9. The second kappa shape index (κ2) is 9.73. The summed E-state index contributed by atoms with van der Waals surface area (Å²) in [6, 6.07) is 8.31. The van der Waals surface area contributed by atoms with Gasteiger partial charge in [0, 0.05) is 39.3 Å². The number of anilines is 1. The van der Waals surface area contributed by atoms with Gasteiger partial charge in [-0.05, 0) is 30.9 Å². The molecule has 1 aromatic heterocycles. The van der Waals surface area contributed by atoms with E-state index in [1.54, 1.807) is 0 Å². The molecule has 2 aliphatic rings. The van der Waals surface area contributed by atoms with Crippen molar-refractivity contribution in [1.29, 1.82) is 0 Å². The van der Waals surface area contributed by atoms with Crippen molar-refractivity contribution in [3.05, 3.63) is 52.3 Å². The van der Waals surface area contributed by atoms with Gasteiger partial charge in [0.15, 0.2) is 5.69 Å². The van der Waals surface area contributed by atoms with E-state index < -0.39 is 0 Å². The highest BCUT2D eigenvalue weighted by atomic mass is 35.5. The smallest absolute Gasteiger partial charge is 0.271 e. The van der Waals surface area contributed by atoms with E-state index in [9.17, 15) is 4.79 Å². The monoisotopic (exact) mass is 429 g/mol. The Bertz CT molecular complexity index is 888. The second-order valence-corrected chi connectivity index (χ2v) is 8.39. The van der Waals surface area contributed by atoms with Crippen LogP contribution in [0.5, 0.6) is 0 Å². The van der Waals surface area contributed by atoms with Gasteiger partial charge in [0.2, 0.25) is 5.95 Å². The Hall–Kier alpha value is -2.22. The van der Waals surface area contributed by atoms with Crippen LogP contribution in [0.1, 0.15) is 41.4 Å². The molecule has 2 fully saturated rings. The number of carbonyl (C=O) groups excluding carboxylic acids is 1. The molecule has 0 spiro atoms. The van der Waals surface area contributed by atoms with Gasteiger partial charge in [-0.2, -0.15) is 0 Å². The fourth-order valence-electron chi connectivity index (χ4n) is 3.98. The number of amides is 1. The maximum atomic E-state index is 12.7. The third-order valence-corrected chi connectivity index (χ3v) is 5.79. The average Bonchev–Trinajstić information content (AvgIpc) is 3.28. The zero-order valence-electron chi connectivity index (χ0n) is 17.3. The van der Waals surface area contributed by atoms with Crippen molar-refractivity contribution >= 4 is 23.5 Å². The van der Waals surface area contributed by atoms with Gasteiger partial charge >= 0.3 is 0 Å². The Morgan fingerprint density at radius 1 is 1.27 bits per heavy atom. The predicted molar refractivity (Wildman–Crippen MR) is 117 cm³/mol. The molecule has 1 N–H and O–H groups in total. The fourth-order valence-corrected chi connectivity index (χ4v) is 4.16. The van der Waals surface area contributed by atoms with E-state index in [2.05, 4.69) is 44.1 Å². The van der Waals surface area contributed by atoms with Crippen molar-refractivity contribution in [2.24, 2.45) is 0 Å². The van der Waals surface area contributed by atoms with Crippen LogP contribution in [0.3, 0.4) is 0 Å². The Labute approximate surface area is 182 Å². The van der Waals surface area contributed by atoms with E-state index in [0.717, 1.165) is 57.7 Å². The van der Waals surface area contributed by atoms with Gasteiger partial charge in [-0.25, -0.2) is 9.97 Å². The molecule has 0 radical (unpaired) electrons. The van der Waals surface area contributed by atoms with E-state index in [4.69, 9.17) is 16.3 Å². The molecule has 0 saturated carbocycles. The average molecular weight is 430 g/mol. The van der Waals surface area contributed by atoms with Crippen LogP contribution in [0.25, 0.3) is 0 Å². The van der Waals surface area contributed by atoms with Crippen LogP contribution < -0.4 is 10.2 Å². The summed E-state index contributed by atoms with van der Waals surface area (Å²) in [6.45, 7) is 7.89. The van der Waals surface area contributed by atoms with Crippen LogP contribution in [-0.2, 0) is 17.8 Å². The summed E-state index contributed by atoms with van der Waals surface area (Å²) in [6.07, 6.45) is 4.02. The van der Waals surface area contributed by atoms with E-state index >= 15 is 0 Å². The first kappa shape index (κ1) is 21.0. The van der Waals surface area contributed by atoms with Gasteiger partial charge in [0.25, 0.3) is 5.91 Å². The molecule has 2 aromatic rings. The lowest BCUT2D eigenvalue weighted by Gasteiger charge is -2.31. The van der Waals surface area contributed by atoms with Crippen molar-refractivity contribution in [2.45, 2.75) is 39.0 Å². The molecular weight excluding hydrogens is 402 g/mol. The van der Waals surface area contributed by atoms with Crippen molar-refractivity contribution in [1.82, 2.24) is 20.2 Å². The normalized spacial score (nSPS) is 19.8. The summed E-state index contributed by atoms with van der Waals surface area (Å²) >= 11 is 6.20. The van der Waals surface area contributed by atoms with E-state index in [-0.39, 0.29) is 22.7 Å². The van der Waals surface area contributed by atoms with Crippen LogP contribution >= 0.6 is 11.6 Å². The highest BCUT2D eigenvalue weighted by Gasteiger charge is 2.20. The van der Waals surface area contributed by atoms with Gasteiger partial charge in [-0.3, -0.25) is 9.69 Å². The fraction of sp³-hybridized carbons (Fsp3) is 0.500. The van der Waals surface area contributed by atoms with Crippen LogP contribution in [0.15, 0.2) is 30.5 Å². The van der Waals surface area contributed by atoms with Crippen LogP contribution in [-0.4, -0.2) is 59.7 Å². The Morgan fingerprint density at radius 2 is 2.07 bits per heavy atom. The molecule has 3 heterocycles. The van der Waals surface area contributed by atoms with Gasteiger partial charge in [-0.1, -0.05) is 35.9 Å². The van der Waals surface area contributed by atoms with Gasteiger partial charge in [0.05, 0.1) is 23.9 Å². The molecule has 0 bridgehead atoms. The summed E-state index contributed by atoms with van der Waals surface area (Å²) < 4.78 is 5.61. The maximum Gasteiger partial charge on any atom is 0.271 e. The van der Waals surface area contributed by atoms with Crippen molar-refractivity contribution in [3.8, 4) is 0 Å². The number of halogens is 1. The zero-order valence-corrected chi connectivity index (χ0v) is 18.1. The first-order chi connectivity index (χ1) is 14.6. The van der Waals surface area contributed by atoms with Crippen molar-refractivity contribution in [2.75, 3.05) is 37.7 Å². The number of hydrogen-bond donors (Lipinski definition) is 1. The first-order valence-electron chi connectivity index (χ1n) is 10.6. The number of aromatic nitrogens is 2. The van der Waals surface area contributed by atoms with Gasteiger partial charge in [0.1, 0.15) is 0 Å². The number of benzene rings is 1.